The summed E-state index contributed by atoms with van der Waals surface area (Å²) in [4.78, 5) is 0. The van der Waals surface area contributed by atoms with E-state index in [1.54, 1.807) is 0 Å². The molecule has 0 saturated heterocycles. The Balaban J connectivity index is 1.64. The van der Waals surface area contributed by atoms with Crippen molar-refractivity contribution in [2.45, 2.75) is 27.0 Å². The molecule has 0 fully saturated rings. The number of aryl methyl sites for hydroxylation is 2. The molecule has 5 nitrogen and oxygen atoms in total. The molecule has 4 rings (SSSR count). The van der Waals surface area contributed by atoms with Gasteiger partial charge < -0.3 is 20.7 Å². The van der Waals surface area contributed by atoms with Gasteiger partial charge in [0.05, 0.1) is 0 Å². The Hall–Kier alpha value is -3.31. The van der Waals surface area contributed by atoms with Crippen molar-refractivity contribution in [2.24, 2.45) is 5.73 Å². The maximum absolute atomic E-state index is 6.02. The lowest BCUT2D eigenvalue weighted by atomic mass is 9.97. The van der Waals surface area contributed by atoms with E-state index >= 15 is 0 Å². The molecule has 28 heavy (non-hydrogen) atoms. The minimum absolute atomic E-state index is 0.345. The van der Waals surface area contributed by atoms with Crippen molar-refractivity contribution in [3.63, 3.8) is 0 Å². The Morgan fingerprint density at radius 2 is 1.75 bits per heavy atom. The van der Waals surface area contributed by atoms with Crippen molar-refractivity contribution in [3.05, 3.63) is 77.2 Å². The zero-order valence-corrected chi connectivity index (χ0v) is 16.0. The smallest absolute Gasteiger partial charge is 0.134 e. The molecule has 1 aromatic heterocycles. The van der Waals surface area contributed by atoms with Gasteiger partial charge in [-0.15, -0.1) is 0 Å². The zero-order chi connectivity index (χ0) is 19.7. The number of nitrogens with two attached hydrogens (primary N) is 2. The third kappa shape index (κ3) is 3.57. The quantitative estimate of drug-likeness (QED) is 0.494. The summed E-state index contributed by atoms with van der Waals surface area (Å²) in [7, 11) is 0. The second-order valence-electron chi connectivity index (χ2n) is 7.02. The summed E-state index contributed by atoms with van der Waals surface area (Å²) in [6.45, 7) is 4.67. The highest BCUT2D eigenvalue weighted by Gasteiger charge is 2.09. The van der Waals surface area contributed by atoms with Crippen LogP contribution >= 0.6 is 0 Å². The number of anilines is 1. The highest BCUT2D eigenvalue weighted by Crippen LogP contribution is 2.31. The van der Waals surface area contributed by atoms with Gasteiger partial charge in [-0.05, 0) is 71.6 Å². The van der Waals surface area contributed by atoms with E-state index in [1.807, 2.05) is 37.3 Å². The molecule has 4 aromatic rings. The van der Waals surface area contributed by atoms with Crippen LogP contribution in [0.1, 0.15) is 22.6 Å². The molecule has 4 N–H and O–H groups in total. The topological polar surface area (TPSA) is 87.3 Å². The Bertz CT molecular complexity index is 1150. The molecular weight excluding hydrogens is 350 g/mol. The average molecular weight is 373 g/mol. The van der Waals surface area contributed by atoms with E-state index in [4.69, 9.17) is 20.7 Å². The molecule has 0 aliphatic heterocycles. The first-order valence-electron chi connectivity index (χ1n) is 9.22. The number of rotatable bonds is 5. The van der Waals surface area contributed by atoms with E-state index in [0.29, 0.717) is 13.2 Å². The predicted octanol–water partition coefficient (Wildman–Crippen LogP) is 4.73. The molecule has 0 amide bonds. The zero-order valence-electron chi connectivity index (χ0n) is 16.0. The average Bonchev–Trinajstić information content (AvgIpc) is 3.10. The van der Waals surface area contributed by atoms with Gasteiger partial charge in [-0.25, -0.2) is 0 Å². The van der Waals surface area contributed by atoms with E-state index in [1.165, 1.54) is 10.9 Å². The first-order chi connectivity index (χ1) is 13.5. The van der Waals surface area contributed by atoms with Gasteiger partial charge in [0, 0.05) is 23.9 Å². The molecule has 0 radical (unpaired) electrons. The molecule has 0 spiro atoms. The van der Waals surface area contributed by atoms with Crippen molar-refractivity contribution in [1.29, 1.82) is 0 Å². The maximum Gasteiger partial charge on any atom is 0.134 e. The molecule has 0 aliphatic carbocycles. The molecule has 0 bridgehead atoms. The fourth-order valence-electron chi connectivity index (χ4n) is 3.47. The standard InChI is InChI=1S/C23H23N3O2/c1-14-7-20(25)11-18-9-16(3-5-22(14)18)17-4-6-23(19(10-17)12-24)27-13-21-8-15(2)28-26-21/h3-11H,12-13,24-25H2,1-2H3. The molecule has 0 atom stereocenters. The fourth-order valence-corrected chi connectivity index (χ4v) is 3.47. The summed E-state index contributed by atoms with van der Waals surface area (Å²) in [6.07, 6.45) is 0. The largest absolute Gasteiger partial charge is 0.487 e. The Kier molecular flexibility index (Phi) is 4.75. The highest BCUT2D eigenvalue weighted by molar-refractivity contribution is 5.92. The predicted molar refractivity (Wildman–Crippen MR) is 112 cm³/mol. The van der Waals surface area contributed by atoms with Gasteiger partial charge in [0.1, 0.15) is 23.8 Å². The highest BCUT2D eigenvalue weighted by atomic mass is 16.5. The second-order valence-corrected chi connectivity index (χ2v) is 7.02. The summed E-state index contributed by atoms with van der Waals surface area (Å²) in [5, 5.41) is 6.29. The first kappa shape index (κ1) is 18.1. The van der Waals surface area contributed by atoms with Gasteiger partial charge >= 0.3 is 0 Å². The van der Waals surface area contributed by atoms with Crippen LogP contribution in [0.4, 0.5) is 5.69 Å². The Morgan fingerprint density at radius 1 is 0.964 bits per heavy atom. The van der Waals surface area contributed by atoms with Gasteiger partial charge in [0.2, 0.25) is 0 Å². The number of fused-ring (bicyclic) bond motifs is 1. The van der Waals surface area contributed by atoms with Crippen LogP contribution in [0.2, 0.25) is 0 Å². The number of nitrogen functional groups attached to an aromatic ring is 1. The normalized spacial score (nSPS) is 11.1. The number of hydrogen-bond acceptors (Lipinski definition) is 5. The molecule has 1 heterocycles. The van der Waals surface area contributed by atoms with Crippen LogP contribution in [0.15, 0.2) is 59.1 Å². The van der Waals surface area contributed by atoms with Crippen LogP contribution in [0.25, 0.3) is 21.9 Å². The van der Waals surface area contributed by atoms with E-state index in [0.717, 1.165) is 45.0 Å². The van der Waals surface area contributed by atoms with Crippen LogP contribution in [-0.4, -0.2) is 5.16 Å². The molecular formula is C23H23N3O2. The van der Waals surface area contributed by atoms with Gasteiger partial charge in [0.25, 0.3) is 0 Å². The van der Waals surface area contributed by atoms with E-state index in [-0.39, 0.29) is 0 Å². The SMILES string of the molecule is Cc1cc(COc2ccc(-c3ccc4c(C)cc(N)cc4c3)cc2CN)no1. The molecule has 0 saturated carbocycles. The number of aromatic nitrogens is 1. The number of nitrogens with zero attached hydrogens (tertiary/aromatic N) is 1. The van der Waals surface area contributed by atoms with Crippen LogP contribution in [0.3, 0.4) is 0 Å². The number of ether oxygens (including phenoxy) is 1. The van der Waals surface area contributed by atoms with Crippen molar-refractivity contribution in [2.75, 3.05) is 5.73 Å². The van der Waals surface area contributed by atoms with Crippen LogP contribution in [-0.2, 0) is 13.2 Å². The van der Waals surface area contributed by atoms with Crippen molar-refractivity contribution in [3.8, 4) is 16.9 Å². The number of benzene rings is 3. The minimum atomic E-state index is 0.345. The molecule has 5 heteroatoms. The molecule has 0 aliphatic rings. The molecule has 3 aromatic carbocycles. The Labute approximate surface area is 163 Å². The fraction of sp³-hybridized carbons (Fsp3) is 0.174. The summed E-state index contributed by atoms with van der Waals surface area (Å²) >= 11 is 0. The van der Waals surface area contributed by atoms with Gasteiger partial charge in [0.15, 0.2) is 0 Å². The maximum atomic E-state index is 6.02. The van der Waals surface area contributed by atoms with Crippen molar-refractivity contribution in [1.82, 2.24) is 5.16 Å². The van der Waals surface area contributed by atoms with E-state index in [9.17, 15) is 0 Å². The number of hydrogen-bond donors (Lipinski definition) is 2. The van der Waals surface area contributed by atoms with Gasteiger partial charge in [-0.3, -0.25) is 0 Å². The van der Waals surface area contributed by atoms with Crippen LogP contribution < -0.4 is 16.2 Å². The molecule has 142 valence electrons. The summed E-state index contributed by atoms with van der Waals surface area (Å²) in [6, 6.07) is 18.4. The lowest BCUT2D eigenvalue weighted by molar-refractivity contribution is 0.285. The minimum Gasteiger partial charge on any atom is -0.487 e. The van der Waals surface area contributed by atoms with Gasteiger partial charge in [-0.2, -0.15) is 0 Å². The first-order valence-corrected chi connectivity index (χ1v) is 9.22. The summed E-state index contributed by atoms with van der Waals surface area (Å²) in [5.74, 6) is 1.52. The lowest BCUT2D eigenvalue weighted by Gasteiger charge is -2.12. The van der Waals surface area contributed by atoms with Crippen molar-refractivity contribution >= 4 is 16.5 Å². The van der Waals surface area contributed by atoms with Gasteiger partial charge in [-0.1, -0.05) is 23.4 Å². The summed E-state index contributed by atoms with van der Waals surface area (Å²) in [5.41, 5.74) is 17.8. The second kappa shape index (κ2) is 7.37. The summed E-state index contributed by atoms with van der Waals surface area (Å²) < 4.78 is 11.0. The van der Waals surface area contributed by atoms with Crippen LogP contribution in [0.5, 0.6) is 5.75 Å². The third-order valence-corrected chi connectivity index (χ3v) is 4.85. The third-order valence-electron chi connectivity index (χ3n) is 4.85. The Morgan fingerprint density at radius 3 is 2.50 bits per heavy atom. The van der Waals surface area contributed by atoms with Crippen molar-refractivity contribution < 1.29 is 9.26 Å². The monoisotopic (exact) mass is 373 g/mol. The van der Waals surface area contributed by atoms with Crippen LogP contribution in [0, 0.1) is 13.8 Å². The molecule has 0 unspecified atom stereocenters. The van der Waals surface area contributed by atoms with E-state index < -0.39 is 0 Å². The lowest BCUT2D eigenvalue weighted by Crippen LogP contribution is -2.03. The van der Waals surface area contributed by atoms with E-state index in [2.05, 4.69) is 36.3 Å².